The summed E-state index contributed by atoms with van der Waals surface area (Å²) >= 11 is 6.07. The number of nitrogens with zero attached hydrogens (tertiary/aromatic N) is 1. The summed E-state index contributed by atoms with van der Waals surface area (Å²) in [5.41, 5.74) is 2.71. The maximum absolute atomic E-state index is 12.5. The fourth-order valence-electron chi connectivity index (χ4n) is 2.39. The first kappa shape index (κ1) is 16.1. The summed E-state index contributed by atoms with van der Waals surface area (Å²) in [7, 11) is 3.09. The zero-order valence-corrected chi connectivity index (χ0v) is 14.1. The Bertz CT molecular complexity index is 1000. The van der Waals surface area contributed by atoms with Crippen molar-refractivity contribution in [3.8, 4) is 5.75 Å². The van der Waals surface area contributed by atoms with Crippen molar-refractivity contribution in [2.75, 3.05) is 12.4 Å². The molecule has 0 aliphatic carbocycles. The van der Waals surface area contributed by atoms with Crippen molar-refractivity contribution in [1.82, 2.24) is 4.57 Å². The smallest absolute Gasteiger partial charge is 0.419 e. The number of halogens is 1. The lowest BCUT2D eigenvalue weighted by Gasteiger charge is -2.12. The first-order chi connectivity index (χ1) is 11.4. The summed E-state index contributed by atoms with van der Waals surface area (Å²) in [6.45, 7) is 1.84. The van der Waals surface area contributed by atoms with Gasteiger partial charge in [0, 0.05) is 23.7 Å². The van der Waals surface area contributed by atoms with Crippen LogP contribution in [0.25, 0.3) is 11.1 Å². The Morgan fingerprint density at radius 2 is 2.04 bits per heavy atom. The molecule has 1 aromatic heterocycles. The van der Waals surface area contributed by atoms with Gasteiger partial charge in [0.05, 0.1) is 18.3 Å². The van der Waals surface area contributed by atoms with Gasteiger partial charge in [-0.2, -0.15) is 0 Å². The SMILES string of the molecule is COc1cc(Cl)c(C)cc1NC(=O)c1ccc2oc(=O)n(C)c2c1. The van der Waals surface area contributed by atoms with Crippen molar-refractivity contribution < 1.29 is 13.9 Å². The monoisotopic (exact) mass is 346 g/mol. The highest BCUT2D eigenvalue weighted by Gasteiger charge is 2.14. The second-order valence-electron chi connectivity index (χ2n) is 5.37. The van der Waals surface area contributed by atoms with Gasteiger partial charge in [0.2, 0.25) is 0 Å². The molecule has 124 valence electrons. The van der Waals surface area contributed by atoms with Crippen LogP contribution in [0, 0.1) is 6.92 Å². The van der Waals surface area contributed by atoms with E-state index >= 15 is 0 Å². The van der Waals surface area contributed by atoms with Gasteiger partial charge in [0.25, 0.3) is 5.91 Å². The number of amides is 1. The predicted molar refractivity (Wildman–Crippen MR) is 92.1 cm³/mol. The van der Waals surface area contributed by atoms with E-state index in [9.17, 15) is 9.59 Å². The number of carbonyl (C=O) groups is 1. The van der Waals surface area contributed by atoms with Gasteiger partial charge in [-0.1, -0.05) is 11.6 Å². The Kier molecular flexibility index (Phi) is 4.07. The van der Waals surface area contributed by atoms with E-state index in [4.69, 9.17) is 20.8 Å². The van der Waals surface area contributed by atoms with Gasteiger partial charge in [-0.15, -0.1) is 0 Å². The highest BCUT2D eigenvalue weighted by molar-refractivity contribution is 6.31. The van der Waals surface area contributed by atoms with Crippen molar-refractivity contribution in [2.45, 2.75) is 6.92 Å². The molecule has 0 radical (unpaired) electrons. The van der Waals surface area contributed by atoms with Crippen molar-refractivity contribution >= 4 is 34.3 Å². The topological polar surface area (TPSA) is 73.5 Å². The molecule has 7 heteroatoms. The Hall–Kier alpha value is -2.73. The molecule has 0 aliphatic rings. The number of hydrogen-bond donors (Lipinski definition) is 1. The number of fused-ring (bicyclic) bond motifs is 1. The van der Waals surface area contributed by atoms with Gasteiger partial charge in [0.15, 0.2) is 5.58 Å². The van der Waals surface area contributed by atoms with Gasteiger partial charge >= 0.3 is 5.76 Å². The second kappa shape index (κ2) is 6.05. The molecular formula is C17H15ClN2O4. The molecule has 2 aromatic carbocycles. The molecule has 3 rings (SSSR count). The summed E-state index contributed by atoms with van der Waals surface area (Å²) in [5, 5.41) is 3.35. The molecule has 1 amide bonds. The Morgan fingerprint density at radius 1 is 1.29 bits per heavy atom. The van der Waals surface area contributed by atoms with Crippen molar-refractivity contribution in [3.63, 3.8) is 0 Å². The Morgan fingerprint density at radius 3 is 2.75 bits per heavy atom. The number of rotatable bonds is 3. The van der Waals surface area contributed by atoms with Crippen LogP contribution in [0.3, 0.4) is 0 Å². The number of oxazole rings is 1. The molecule has 6 nitrogen and oxygen atoms in total. The third-order valence-corrected chi connectivity index (χ3v) is 4.19. The number of hydrogen-bond acceptors (Lipinski definition) is 4. The van der Waals surface area contributed by atoms with Crippen molar-refractivity contribution in [2.24, 2.45) is 7.05 Å². The predicted octanol–water partition coefficient (Wildman–Crippen LogP) is 3.35. The summed E-state index contributed by atoms with van der Waals surface area (Å²) in [5.74, 6) is -0.334. The van der Waals surface area contributed by atoms with Gasteiger partial charge in [-0.05, 0) is 36.8 Å². The van der Waals surface area contributed by atoms with E-state index in [0.29, 0.717) is 33.1 Å². The standard InChI is InChI=1S/C17H15ClN2O4/c1-9-6-12(15(23-3)8-11(9)18)19-16(21)10-4-5-14-13(7-10)20(2)17(22)24-14/h4-8H,1-3H3,(H,19,21). The summed E-state index contributed by atoms with van der Waals surface area (Å²) in [6.07, 6.45) is 0. The van der Waals surface area contributed by atoms with E-state index in [1.165, 1.54) is 11.7 Å². The molecule has 0 fully saturated rings. The molecule has 0 aliphatic heterocycles. The number of ether oxygens (including phenoxy) is 1. The molecule has 0 saturated heterocycles. The molecule has 24 heavy (non-hydrogen) atoms. The van der Waals surface area contributed by atoms with Crippen LogP contribution in [0.5, 0.6) is 5.75 Å². The van der Waals surface area contributed by atoms with Gasteiger partial charge in [0.1, 0.15) is 5.75 Å². The van der Waals surface area contributed by atoms with E-state index in [-0.39, 0.29) is 5.91 Å². The van der Waals surface area contributed by atoms with Crippen molar-refractivity contribution in [3.05, 3.63) is 57.0 Å². The molecule has 3 aromatic rings. The molecule has 0 unspecified atom stereocenters. The first-order valence-electron chi connectivity index (χ1n) is 7.16. The zero-order valence-electron chi connectivity index (χ0n) is 13.3. The average molecular weight is 347 g/mol. The van der Waals surface area contributed by atoms with Crippen LogP contribution in [-0.4, -0.2) is 17.6 Å². The third-order valence-electron chi connectivity index (χ3n) is 3.78. The minimum absolute atomic E-state index is 0.328. The minimum atomic E-state index is -0.474. The number of benzene rings is 2. The van der Waals surface area contributed by atoms with E-state index < -0.39 is 5.76 Å². The highest BCUT2D eigenvalue weighted by Crippen LogP contribution is 2.31. The fraction of sp³-hybridized carbons (Fsp3) is 0.176. The minimum Gasteiger partial charge on any atom is -0.495 e. The van der Waals surface area contributed by atoms with Crippen LogP contribution in [0.2, 0.25) is 5.02 Å². The molecule has 1 heterocycles. The third kappa shape index (κ3) is 2.76. The summed E-state index contributed by atoms with van der Waals surface area (Å²) in [4.78, 5) is 24.1. The largest absolute Gasteiger partial charge is 0.495 e. The number of carbonyl (C=O) groups excluding carboxylic acids is 1. The molecule has 1 N–H and O–H groups in total. The fourth-order valence-corrected chi connectivity index (χ4v) is 2.55. The molecule has 0 spiro atoms. The summed E-state index contributed by atoms with van der Waals surface area (Å²) in [6, 6.07) is 8.18. The van der Waals surface area contributed by atoms with E-state index in [1.807, 2.05) is 6.92 Å². The average Bonchev–Trinajstić information content (AvgIpc) is 2.85. The lowest BCUT2D eigenvalue weighted by molar-refractivity contribution is 0.102. The van der Waals surface area contributed by atoms with Crippen LogP contribution in [0.1, 0.15) is 15.9 Å². The van der Waals surface area contributed by atoms with Crippen LogP contribution in [0.15, 0.2) is 39.5 Å². The molecule has 0 saturated carbocycles. The number of aryl methyl sites for hydroxylation is 2. The van der Waals surface area contributed by atoms with Crippen LogP contribution >= 0.6 is 11.6 Å². The quantitative estimate of drug-likeness (QED) is 0.789. The van der Waals surface area contributed by atoms with E-state index in [2.05, 4.69) is 5.32 Å². The molecule has 0 atom stereocenters. The number of aromatic nitrogens is 1. The number of methoxy groups -OCH3 is 1. The van der Waals surface area contributed by atoms with Crippen LogP contribution in [-0.2, 0) is 7.05 Å². The summed E-state index contributed by atoms with van der Waals surface area (Å²) < 4.78 is 11.7. The molecular weight excluding hydrogens is 332 g/mol. The maximum Gasteiger partial charge on any atom is 0.419 e. The first-order valence-corrected chi connectivity index (χ1v) is 7.53. The zero-order chi connectivity index (χ0) is 17.4. The van der Waals surface area contributed by atoms with Gasteiger partial charge < -0.3 is 14.5 Å². The second-order valence-corrected chi connectivity index (χ2v) is 5.77. The number of anilines is 1. The van der Waals surface area contributed by atoms with Gasteiger partial charge in [-0.3, -0.25) is 9.36 Å². The van der Waals surface area contributed by atoms with Crippen LogP contribution < -0.4 is 15.8 Å². The van der Waals surface area contributed by atoms with Gasteiger partial charge in [-0.25, -0.2) is 4.79 Å². The maximum atomic E-state index is 12.5. The highest BCUT2D eigenvalue weighted by atomic mass is 35.5. The number of nitrogens with one attached hydrogen (secondary N) is 1. The molecule has 0 bridgehead atoms. The van der Waals surface area contributed by atoms with E-state index in [1.54, 1.807) is 37.4 Å². The lowest BCUT2D eigenvalue weighted by atomic mass is 10.1. The lowest BCUT2D eigenvalue weighted by Crippen LogP contribution is -2.13. The Balaban J connectivity index is 1.97. The van der Waals surface area contributed by atoms with Crippen LogP contribution in [0.4, 0.5) is 5.69 Å². The van der Waals surface area contributed by atoms with Crippen molar-refractivity contribution in [1.29, 1.82) is 0 Å². The normalized spacial score (nSPS) is 10.8. The Labute approximate surface area is 142 Å². The van der Waals surface area contributed by atoms with E-state index in [0.717, 1.165) is 5.56 Å².